The van der Waals surface area contributed by atoms with Gasteiger partial charge < -0.3 is 10.1 Å². The Labute approximate surface area is 156 Å². The molecule has 0 aromatic heterocycles. The number of nitrogens with zero attached hydrogens (tertiary/aromatic N) is 1. The van der Waals surface area contributed by atoms with Crippen molar-refractivity contribution in [3.8, 4) is 0 Å². The van der Waals surface area contributed by atoms with Crippen LogP contribution >= 0.6 is 23.2 Å². The molecule has 1 aromatic carbocycles. The second-order valence-electron chi connectivity index (χ2n) is 5.55. The minimum atomic E-state index is -3.78. The Morgan fingerprint density at radius 3 is 2.52 bits per heavy atom. The Morgan fingerprint density at radius 1 is 1.28 bits per heavy atom. The predicted molar refractivity (Wildman–Crippen MR) is 93.0 cm³/mol. The number of nitrogens with one attached hydrogen (secondary N) is 1. The molecular weight excluding hydrogens is 391 g/mol. The number of halogens is 2. The van der Waals surface area contributed by atoms with Crippen molar-refractivity contribution in [3.05, 3.63) is 28.2 Å². The average Bonchev–Trinajstić information content (AvgIpc) is 2.61. The topological polar surface area (TPSA) is 92.8 Å². The van der Waals surface area contributed by atoms with Gasteiger partial charge in [-0.1, -0.05) is 23.2 Å². The van der Waals surface area contributed by atoms with E-state index in [9.17, 15) is 18.0 Å². The quantitative estimate of drug-likeness (QED) is 0.748. The molecule has 1 aliphatic rings. The van der Waals surface area contributed by atoms with E-state index in [2.05, 4.69) is 10.1 Å². The number of piperidine rings is 1. The lowest BCUT2D eigenvalue weighted by atomic mass is 9.97. The summed E-state index contributed by atoms with van der Waals surface area (Å²) >= 11 is 11.9. The van der Waals surface area contributed by atoms with Gasteiger partial charge in [0.15, 0.2) is 0 Å². The van der Waals surface area contributed by atoms with Crippen LogP contribution in [0, 0.1) is 5.92 Å². The molecule has 7 nitrogen and oxygen atoms in total. The molecule has 1 heterocycles. The first-order valence-electron chi connectivity index (χ1n) is 7.55. The monoisotopic (exact) mass is 408 g/mol. The van der Waals surface area contributed by atoms with Crippen molar-refractivity contribution in [1.29, 1.82) is 0 Å². The summed E-state index contributed by atoms with van der Waals surface area (Å²) in [6.45, 7) is 0.162. The Hall–Kier alpha value is -1.35. The van der Waals surface area contributed by atoms with Gasteiger partial charge in [0, 0.05) is 24.0 Å². The van der Waals surface area contributed by atoms with Crippen molar-refractivity contribution in [2.45, 2.75) is 17.7 Å². The van der Waals surface area contributed by atoms with Gasteiger partial charge in [-0.05, 0) is 31.0 Å². The number of methoxy groups -OCH3 is 1. The number of benzene rings is 1. The summed E-state index contributed by atoms with van der Waals surface area (Å²) in [6, 6.07) is 4.26. The number of carbonyl (C=O) groups is 2. The normalized spacial score (nSPS) is 16.4. The fourth-order valence-electron chi connectivity index (χ4n) is 2.55. The summed E-state index contributed by atoms with van der Waals surface area (Å²) in [6.07, 6.45) is 0.703. The van der Waals surface area contributed by atoms with E-state index < -0.39 is 16.0 Å². The fraction of sp³-hybridized carbons (Fsp3) is 0.467. The number of sulfonamides is 1. The van der Waals surface area contributed by atoms with Crippen molar-refractivity contribution in [3.63, 3.8) is 0 Å². The van der Waals surface area contributed by atoms with Crippen LogP contribution < -0.4 is 5.32 Å². The molecule has 1 fully saturated rings. The predicted octanol–water partition coefficient (Wildman–Crippen LogP) is 1.68. The van der Waals surface area contributed by atoms with Crippen molar-refractivity contribution in [2.24, 2.45) is 5.92 Å². The maximum Gasteiger partial charge on any atom is 0.325 e. The van der Waals surface area contributed by atoms with Crippen molar-refractivity contribution in [2.75, 3.05) is 26.7 Å². The third-order valence-electron chi connectivity index (χ3n) is 3.97. The highest BCUT2D eigenvalue weighted by Gasteiger charge is 2.33. The Bertz CT molecular complexity index is 761. The van der Waals surface area contributed by atoms with Crippen LogP contribution in [-0.4, -0.2) is 51.3 Å². The molecule has 1 amide bonds. The molecule has 10 heteroatoms. The first-order chi connectivity index (χ1) is 11.8. The van der Waals surface area contributed by atoms with E-state index in [-0.39, 0.29) is 46.4 Å². The SMILES string of the molecule is COC(=O)CNC(=O)C1CCN(S(=O)(=O)c2cc(Cl)ccc2Cl)CC1. The average molecular weight is 409 g/mol. The van der Waals surface area contributed by atoms with Crippen molar-refractivity contribution >= 4 is 45.1 Å². The number of esters is 1. The number of hydrogen-bond acceptors (Lipinski definition) is 5. The van der Waals surface area contributed by atoms with Crippen LogP contribution in [0.25, 0.3) is 0 Å². The summed E-state index contributed by atoms with van der Waals surface area (Å²) in [5, 5.41) is 2.86. The van der Waals surface area contributed by atoms with Crippen molar-refractivity contribution < 1.29 is 22.7 Å². The van der Waals surface area contributed by atoms with E-state index in [4.69, 9.17) is 23.2 Å². The van der Waals surface area contributed by atoms with E-state index in [0.717, 1.165) is 0 Å². The molecule has 1 aliphatic heterocycles. The lowest BCUT2D eigenvalue weighted by Crippen LogP contribution is -2.44. The third kappa shape index (κ3) is 4.84. The van der Waals surface area contributed by atoms with E-state index >= 15 is 0 Å². The number of hydrogen-bond donors (Lipinski definition) is 1. The lowest BCUT2D eigenvalue weighted by Gasteiger charge is -2.30. The molecule has 1 saturated heterocycles. The number of rotatable bonds is 5. The van der Waals surface area contributed by atoms with E-state index in [1.54, 1.807) is 0 Å². The maximum atomic E-state index is 12.7. The first-order valence-corrected chi connectivity index (χ1v) is 9.75. The maximum absolute atomic E-state index is 12.7. The molecule has 2 rings (SSSR count). The zero-order valence-electron chi connectivity index (χ0n) is 13.5. The van der Waals surface area contributed by atoms with E-state index in [1.807, 2.05) is 0 Å². The highest BCUT2D eigenvalue weighted by Crippen LogP contribution is 2.30. The number of amides is 1. The molecule has 1 N–H and O–H groups in total. The van der Waals surface area contributed by atoms with Gasteiger partial charge in [0.2, 0.25) is 15.9 Å². The largest absolute Gasteiger partial charge is 0.468 e. The first kappa shape index (κ1) is 20.0. The highest BCUT2D eigenvalue weighted by molar-refractivity contribution is 7.89. The zero-order valence-corrected chi connectivity index (χ0v) is 15.8. The smallest absolute Gasteiger partial charge is 0.325 e. The van der Waals surface area contributed by atoms with Crippen LogP contribution in [0.2, 0.25) is 10.0 Å². The summed E-state index contributed by atoms with van der Waals surface area (Å²) in [5.41, 5.74) is 0. The van der Waals surface area contributed by atoms with Crippen LogP contribution in [0.4, 0.5) is 0 Å². The molecule has 0 spiro atoms. The second-order valence-corrected chi connectivity index (χ2v) is 8.30. The Kier molecular flexibility index (Phi) is 6.67. The van der Waals surface area contributed by atoms with Crippen LogP contribution in [-0.2, 0) is 24.3 Å². The van der Waals surface area contributed by atoms with Gasteiger partial charge in [-0.2, -0.15) is 4.31 Å². The van der Waals surface area contributed by atoms with Crippen LogP contribution in [0.1, 0.15) is 12.8 Å². The van der Waals surface area contributed by atoms with Crippen LogP contribution in [0.15, 0.2) is 23.1 Å². The molecule has 1 aromatic rings. The zero-order chi connectivity index (χ0) is 18.6. The summed E-state index contributed by atoms with van der Waals surface area (Å²) < 4.78 is 31.2. The van der Waals surface area contributed by atoms with Gasteiger partial charge in [-0.15, -0.1) is 0 Å². The molecule has 25 heavy (non-hydrogen) atoms. The standard InChI is InChI=1S/C15H18Cl2N2O5S/c1-24-14(20)9-18-15(21)10-4-6-19(7-5-10)25(22,23)13-8-11(16)2-3-12(13)17/h2-3,8,10H,4-7,9H2,1H3,(H,18,21). The van der Waals surface area contributed by atoms with Gasteiger partial charge in [-0.25, -0.2) is 8.42 Å². The van der Waals surface area contributed by atoms with Gasteiger partial charge in [0.05, 0.1) is 12.1 Å². The van der Waals surface area contributed by atoms with Gasteiger partial charge in [-0.3, -0.25) is 9.59 Å². The van der Waals surface area contributed by atoms with Crippen LogP contribution in [0.5, 0.6) is 0 Å². The molecule has 0 aliphatic carbocycles. The second kappa shape index (κ2) is 8.35. The van der Waals surface area contributed by atoms with Gasteiger partial charge >= 0.3 is 5.97 Å². The van der Waals surface area contributed by atoms with Crippen LogP contribution in [0.3, 0.4) is 0 Å². The third-order valence-corrected chi connectivity index (χ3v) is 6.59. The fourth-order valence-corrected chi connectivity index (χ4v) is 4.76. The van der Waals surface area contributed by atoms with Gasteiger partial charge in [0.25, 0.3) is 0 Å². The molecule has 0 saturated carbocycles. The van der Waals surface area contributed by atoms with E-state index in [0.29, 0.717) is 12.8 Å². The molecular formula is C15H18Cl2N2O5S. The molecule has 0 atom stereocenters. The molecule has 0 radical (unpaired) electrons. The number of carbonyl (C=O) groups excluding carboxylic acids is 2. The molecule has 138 valence electrons. The lowest BCUT2D eigenvalue weighted by molar-refractivity contribution is -0.141. The minimum Gasteiger partial charge on any atom is -0.468 e. The summed E-state index contributed by atoms with van der Waals surface area (Å²) in [4.78, 5) is 23.0. The summed E-state index contributed by atoms with van der Waals surface area (Å²) in [5.74, 6) is -1.18. The minimum absolute atomic E-state index is 0.0461. The number of ether oxygens (including phenoxy) is 1. The molecule has 0 unspecified atom stereocenters. The molecule has 0 bridgehead atoms. The van der Waals surface area contributed by atoms with E-state index in [1.165, 1.54) is 29.6 Å². The van der Waals surface area contributed by atoms with Crippen molar-refractivity contribution in [1.82, 2.24) is 9.62 Å². The highest BCUT2D eigenvalue weighted by atomic mass is 35.5. The Morgan fingerprint density at radius 2 is 1.92 bits per heavy atom. The van der Waals surface area contributed by atoms with Gasteiger partial charge in [0.1, 0.15) is 11.4 Å². The summed E-state index contributed by atoms with van der Waals surface area (Å²) in [7, 11) is -2.55. The Balaban J connectivity index is 2.00.